The van der Waals surface area contributed by atoms with Gasteiger partial charge in [0.1, 0.15) is 0 Å². The predicted octanol–water partition coefficient (Wildman–Crippen LogP) is 3.98. The minimum absolute atomic E-state index is 0.0924. The molecular weight excluding hydrogens is 214 g/mol. The highest BCUT2D eigenvalue weighted by Gasteiger charge is 2.31. The maximum Gasteiger partial charge on any atom is 0.0203 e. The highest BCUT2D eigenvalue weighted by atomic mass is 32.1. The Morgan fingerprint density at radius 1 is 1.44 bits per heavy atom. The van der Waals surface area contributed by atoms with Crippen LogP contribution in [0.3, 0.4) is 0 Å². The van der Waals surface area contributed by atoms with Crippen LogP contribution in [0, 0.1) is 5.92 Å². The van der Waals surface area contributed by atoms with Gasteiger partial charge >= 0.3 is 0 Å². The van der Waals surface area contributed by atoms with Crippen LogP contribution in [0.15, 0.2) is 17.5 Å². The molecule has 1 nitrogen and oxygen atoms in total. The van der Waals surface area contributed by atoms with Gasteiger partial charge in [-0.15, -0.1) is 11.3 Å². The lowest BCUT2D eigenvalue weighted by atomic mass is 9.74. The molecule has 0 saturated heterocycles. The van der Waals surface area contributed by atoms with Crippen molar-refractivity contribution in [2.24, 2.45) is 11.7 Å². The number of thiophene rings is 1. The Morgan fingerprint density at radius 3 is 2.75 bits per heavy atom. The zero-order valence-corrected chi connectivity index (χ0v) is 11.1. The second-order valence-corrected chi connectivity index (χ2v) is 6.38. The van der Waals surface area contributed by atoms with Gasteiger partial charge in [-0.3, -0.25) is 0 Å². The van der Waals surface area contributed by atoms with E-state index < -0.39 is 0 Å². The highest BCUT2D eigenvalue weighted by molar-refractivity contribution is 7.09. The number of nitrogens with two attached hydrogens (primary N) is 1. The van der Waals surface area contributed by atoms with E-state index in [1.165, 1.54) is 43.4 Å². The molecule has 0 aliphatic heterocycles. The van der Waals surface area contributed by atoms with Crippen molar-refractivity contribution >= 4 is 11.3 Å². The van der Waals surface area contributed by atoms with Crippen molar-refractivity contribution in [2.45, 2.75) is 57.4 Å². The van der Waals surface area contributed by atoms with E-state index in [1.807, 2.05) is 11.3 Å². The summed E-state index contributed by atoms with van der Waals surface area (Å²) in [5.74, 6) is 0.949. The molecule has 1 saturated carbocycles. The number of hydrogen-bond acceptors (Lipinski definition) is 2. The summed E-state index contributed by atoms with van der Waals surface area (Å²) in [5.41, 5.74) is 6.61. The Hall–Kier alpha value is -0.340. The minimum atomic E-state index is 0.0924. The molecule has 1 aliphatic carbocycles. The summed E-state index contributed by atoms with van der Waals surface area (Å²) in [6.07, 6.45) is 8.93. The summed E-state index contributed by atoms with van der Waals surface area (Å²) in [7, 11) is 0. The summed E-state index contributed by atoms with van der Waals surface area (Å²) in [6, 6.07) is 4.35. The Kier molecular flexibility index (Phi) is 4.04. The standard InChI is InChI=1S/C14H23NS/c1-2-4-12-6-8-14(15,9-7-12)11-13-5-3-10-16-13/h3,5,10,12H,2,4,6-9,11,15H2,1H3. The van der Waals surface area contributed by atoms with E-state index in [1.54, 1.807) is 0 Å². The summed E-state index contributed by atoms with van der Waals surface area (Å²) >= 11 is 1.85. The SMILES string of the molecule is CCCC1CCC(N)(Cc2cccs2)CC1. The molecule has 2 rings (SSSR count). The molecule has 90 valence electrons. The van der Waals surface area contributed by atoms with E-state index in [9.17, 15) is 0 Å². The van der Waals surface area contributed by atoms with Gasteiger partial charge in [0, 0.05) is 10.4 Å². The van der Waals surface area contributed by atoms with E-state index in [4.69, 9.17) is 5.73 Å². The zero-order chi connectivity index (χ0) is 11.4. The summed E-state index contributed by atoms with van der Waals surface area (Å²) < 4.78 is 0. The second-order valence-electron chi connectivity index (χ2n) is 5.35. The first-order chi connectivity index (χ1) is 7.72. The lowest BCUT2D eigenvalue weighted by Gasteiger charge is -2.37. The molecule has 1 aromatic rings. The molecule has 0 amide bonds. The van der Waals surface area contributed by atoms with Gasteiger partial charge in [-0.2, -0.15) is 0 Å². The van der Waals surface area contributed by atoms with Gasteiger partial charge in [0.2, 0.25) is 0 Å². The third kappa shape index (κ3) is 3.08. The van der Waals surface area contributed by atoms with Crippen LogP contribution in [0.4, 0.5) is 0 Å². The fourth-order valence-corrected chi connectivity index (χ4v) is 3.75. The zero-order valence-electron chi connectivity index (χ0n) is 10.2. The molecule has 0 spiro atoms. The second kappa shape index (κ2) is 5.33. The molecule has 2 heteroatoms. The fraction of sp³-hybridized carbons (Fsp3) is 0.714. The Morgan fingerprint density at radius 2 is 2.19 bits per heavy atom. The van der Waals surface area contributed by atoms with Crippen LogP contribution in [0.2, 0.25) is 0 Å². The highest BCUT2D eigenvalue weighted by Crippen LogP contribution is 2.35. The molecule has 0 radical (unpaired) electrons. The lowest BCUT2D eigenvalue weighted by Crippen LogP contribution is -2.45. The van der Waals surface area contributed by atoms with Crippen molar-refractivity contribution < 1.29 is 0 Å². The van der Waals surface area contributed by atoms with Gasteiger partial charge in [-0.1, -0.05) is 25.8 Å². The average molecular weight is 237 g/mol. The lowest BCUT2D eigenvalue weighted by molar-refractivity contribution is 0.224. The van der Waals surface area contributed by atoms with Crippen molar-refractivity contribution in [1.82, 2.24) is 0 Å². The van der Waals surface area contributed by atoms with Crippen molar-refractivity contribution in [3.8, 4) is 0 Å². The van der Waals surface area contributed by atoms with Gasteiger partial charge in [0.15, 0.2) is 0 Å². The third-order valence-corrected chi connectivity index (χ3v) is 4.78. The third-order valence-electron chi connectivity index (χ3n) is 3.90. The van der Waals surface area contributed by atoms with Crippen LogP contribution < -0.4 is 5.73 Å². The average Bonchev–Trinajstić information content (AvgIpc) is 2.74. The summed E-state index contributed by atoms with van der Waals surface area (Å²) in [5, 5.41) is 2.15. The Balaban J connectivity index is 1.86. The Labute approximate surface area is 103 Å². The molecule has 1 fully saturated rings. The van der Waals surface area contributed by atoms with Crippen LogP contribution in [0.25, 0.3) is 0 Å². The van der Waals surface area contributed by atoms with Crippen LogP contribution >= 0.6 is 11.3 Å². The number of hydrogen-bond donors (Lipinski definition) is 1. The van der Waals surface area contributed by atoms with E-state index >= 15 is 0 Å². The summed E-state index contributed by atoms with van der Waals surface area (Å²) in [4.78, 5) is 1.46. The largest absolute Gasteiger partial charge is 0.325 e. The van der Waals surface area contributed by atoms with Gasteiger partial charge < -0.3 is 5.73 Å². The van der Waals surface area contributed by atoms with E-state index in [-0.39, 0.29) is 5.54 Å². The molecule has 0 bridgehead atoms. The van der Waals surface area contributed by atoms with E-state index in [0.717, 1.165) is 12.3 Å². The quantitative estimate of drug-likeness (QED) is 0.842. The van der Waals surface area contributed by atoms with Crippen LogP contribution in [0.1, 0.15) is 50.3 Å². The molecule has 0 atom stereocenters. The smallest absolute Gasteiger partial charge is 0.0203 e. The van der Waals surface area contributed by atoms with Crippen molar-refractivity contribution in [3.05, 3.63) is 22.4 Å². The van der Waals surface area contributed by atoms with Crippen molar-refractivity contribution in [2.75, 3.05) is 0 Å². The van der Waals surface area contributed by atoms with Crippen molar-refractivity contribution in [3.63, 3.8) is 0 Å². The fourth-order valence-electron chi connectivity index (χ4n) is 2.89. The minimum Gasteiger partial charge on any atom is -0.325 e. The molecule has 0 aromatic carbocycles. The molecule has 2 N–H and O–H groups in total. The first-order valence-corrected chi connectivity index (χ1v) is 7.41. The van der Waals surface area contributed by atoms with Gasteiger partial charge in [-0.05, 0) is 49.5 Å². The molecule has 1 aromatic heterocycles. The van der Waals surface area contributed by atoms with Crippen LogP contribution in [-0.4, -0.2) is 5.54 Å². The summed E-state index contributed by atoms with van der Waals surface area (Å²) in [6.45, 7) is 2.29. The number of rotatable bonds is 4. The first kappa shape index (κ1) is 12.1. The predicted molar refractivity (Wildman–Crippen MR) is 71.8 cm³/mol. The van der Waals surface area contributed by atoms with E-state index in [0.29, 0.717) is 0 Å². The normalized spacial score (nSPS) is 30.5. The Bertz CT molecular complexity index is 297. The maximum absolute atomic E-state index is 6.52. The van der Waals surface area contributed by atoms with E-state index in [2.05, 4.69) is 24.4 Å². The van der Waals surface area contributed by atoms with Crippen molar-refractivity contribution in [1.29, 1.82) is 0 Å². The van der Waals surface area contributed by atoms with Gasteiger partial charge in [-0.25, -0.2) is 0 Å². The molecule has 1 aliphatic rings. The molecule has 1 heterocycles. The first-order valence-electron chi connectivity index (χ1n) is 6.53. The van der Waals surface area contributed by atoms with Crippen LogP contribution in [0.5, 0.6) is 0 Å². The van der Waals surface area contributed by atoms with Gasteiger partial charge in [0.05, 0.1) is 0 Å². The molecule has 16 heavy (non-hydrogen) atoms. The maximum atomic E-state index is 6.52. The van der Waals surface area contributed by atoms with Gasteiger partial charge in [0.25, 0.3) is 0 Å². The molecule has 0 unspecified atom stereocenters. The topological polar surface area (TPSA) is 26.0 Å². The molecular formula is C14H23NS. The van der Waals surface area contributed by atoms with Crippen LogP contribution in [-0.2, 0) is 6.42 Å². The monoisotopic (exact) mass is 237 g/mol.